The first-order valence-corrected chi connectivity index (χ1v) is 7.24. The number of aliphatic hydroxyl groups is 1. The number of aromatic nitrogens is 2. The number of thiazole rings is 1. The third kappa shape index (κ3) is 2.43. The van der Waals surface area contributed by atoms with Crippen LogP contribution < -0.4 is 5.56 Å². The number of hydrogen-bond acceptors (Lipinski definition) is 5. The summed E-state index contributed by atoms with van der Waals surface area (Å²) >= 11 is 1.48. The summed E-state index contributed by atoms with van der Waals surface area (Å²) in [6.07, 6.45) is 0.770. The van der Waals surface area contributed by atoms with Crippen LogP contribution in [0.5, 0.6) is 0 Å². The van der Waals surface area contributed by atoms with Gasteiger partial charge >= 0.3 is 0 Å². The highest BCUT2D eigenvalue weighted by molar-refractivity contribution is 7.15. The van der Waals surface area contributed by atoms with Crippen molar-refractivity contribution in [1.29, 1.82) is 0 Å². The fourth-order valence-corrected chi connectivity index (χ4v) is 3.48. The van der Waals surface area contributed by atoms with Gasteiger partial charge in [0.15, 0.2) is 4.96 Å². The first-order valence-electron chi connectivity index (χ1n) is 6.36. The molecular weight excluding hydrogens is 262 g/mol. The molecule has 1 aliphatic heterocycles. The van der Waals surface area contributed by atoms with Gasteiger partial charge in [-0.05, 0) is 20.3 Å². The highest BCUT2D eigenvalue weighted by atomic mass is 32.1. The van der Waals surface area contributed by atoms with Crippen LogP contribution in [0.3, 0.4) is 0 Å². The molecule has 2 aromatic heterocycles. The molecular formula is C13H17N3O2S. The number of hydrogen-bond donors (Lipinski definition) is 1. The van der Waals surface area contributed by atoms with Crippen molar-refractivity contribution in [3.8, 4) is 0 Å². The summed E-state index contributed by atoms with van der Waals surface area (Å²) < 4.78 is 1.63. The number of likely N-dealkylation sites (tertiary alicyclic amines) is 1. The van der Waals surface area contributed by atoms with Crippen LogP contribution in [0.1, 0.15) is 24.7 Å². The van der Waals surface area contributed by atoms with Crippen molar-refractivity contribution in [2.24, 2.45) is 0 Å². The van der Waals surface area contributed by atoms with E-state index in [0.717, 1.165) is 29.3 Å². The van der Waals surface area contributed by atoms with E-state index in [9.17, 15) is 9.90 Å². The Morgan fingerprint density at radius 1 is 1.58 bits per heavy atom. The fourth-order valence-electron chi connectivity index (χ4n) is 2.58. The second-order valence-corrected chi connectivity index (χ2v) is 6.37. The van der Waals surface area contributed by atoms with Crippen LogP contribution in [0.15, 0.2) is 16.2 Å². The maximum atomic E-state index is 12.0. The van der Waals surface area contributed by atoms with Crippen LogP contribution in [0.2, 0.25) is 0 Å². The normalized spacial score (nSPS) is 24.4. The van der Waals surface area contributed by atoms with Crippen LogP contribution in [-0.2, 0) is 6.54 Å². The number of β-amino-alcohol motifs (C(OH)–C–C–N with tert-alkyl or cyclic N) is 1. The lowest BCUT2D eigenvalue weighted by Crippen LogP contribution is -2.30. The summed E-state index contributed by atoms with van der Waals surface area (Å²) in [5, 5.41) is 11.9. The lowest BCUT2D eigenvalue weighted by Gasteiger charge is -2.18. The Hall–Kier alpha value is -1.24. The topological polar surface area (TPSA) is 57.8 Å². The molecule has 1 atom stereocenters. The highest BCUT2D eigenvalue weighted by Gasteiger charge is 2.31. The Balaban J connectivity index is 1.88. The van der Waals surface area contributed by atoms with Gasteiger partial charge in [-0.1, -0.05) is 0 Å². The van der Waals surface area contributed by atoms with E-state index in [1.165, 1.54) is 11.3 Å². The molecule has 1 unspecified atom stereocenters. The molecule has 1 saturated heterocycles. The zero-order valence-electron chi connectivity index (χ0n) is 11.1. The average Bonchev–Trinajstić information content (AvgIpc) is 2.83. The molecule has 1 fully saturated rings. The fraction of sp³-hybridized carbons (Fsp3) is 0.538. The van der Waals surface area contributed by atoms with E-state index >= 15 is 0 Å². The van der Waals surface area contributed by atoms with Crippen LogP contribution in [-0.4, -0.2) is 38.1 Å². The lowest BCUT2D eigenvalue weighted by molar-refractivity contribution is 0.0677. The van der Waals surface area contributed by atoms with Crippen molar-refractivity contribution in [3.63, 3.8) is 0 Å². The Morgan fingerprint density at radius 2 is 2.37 bits per heavy atom. The molecule has 0 spiro atoms. The van der Waals surface area contributed by atoms with Crippen LogP contribution in [0.25, 0.3) is 4.96 Å². The third-order valence-corrected chi connectivity index (χ3v) is 4.49. The average molecular weight is 279 g/mol. The Bertz CT molecular complexity index is 674. The molecule has 3 heterocycles. The van der Waals surface area contributed by atoms with Gasteiger partial charge in [-0.2, -0.15) is 0 Å². The molecule has 0 aliphatic carbocycles. The molecule has 1 aliphatic rings. The lowest BCUT2D eigenvalue weighted by atomic mass is 10.1. The summed E-state index contributed by atoms with van der Waals surface area (Å²) in [6, 6.07) is 1.60. The van der Waals surface area contributed by atoms with Gasteiger partial charge in [0, 0.05) is 36.8 Å². The predicted octanol–water partition coefficient (Wildman–Crippen LogP) is 1.02. The quantitative estimate of drug-likeness (QED) is 0.892. The van der Waals surface area contributed by atoms with Crippen LogP contribution in [0.4, 0.5) is 0 Å². The maximum Gasteiger partial charge on any atom is 0.259 e. The van der Waals surface area contributed by atoms with Gasteiger partial charge in [0.25, 0.3) is 5.56 Å². The van der Waals surface area contributed by atoms with Crippen molar-refractivity contribution < 1.29 is 5.11 Å². The molecule has 0 bridgehead atoms. The van der Waals surface area contributed by atoms with E-state index in [2.05, 4.69) is 9.88 Å². The number of fused-ring (bicyclic) bond motifs is 1. The summed E-state index contributed by atoms with van der Waals surface area (Å²) in [4.78, 5) is 19.4. The third-order valence-electron chi connectivity index (χ3n) is 3.55. The molecule has 2 aromatic rings. The van der Waals surface area contributed by atoms with E-state index in [1.807, 2.05) is 19.2 Å². The van der Waals surface area contributed by atoms with Crippen molar-refractivity contribution in [1.82, 2.24) is 14.3 Å². The SMILES string of the molecule is Cc1csc2nc(CN3CCC(C)(O)C3)cc(=O)n12. The maximum absolute atomic E-state index is 12.0. The van der Waals surface area contributed by atoms with Crippen molar-refractivity contribution in [3.05, 3.63) is 33.2 Å². The van der Waals surface area contributed by atoms with Crippen LogP contribution >= 0.6 is 11.3 Å². The van der Waals surface area contributed by atoms with E-state index in [0.29, 0.717) is 13.1 Å². The Labute approximate surface area is 115 Å². The molecule has 19 heavy (non-hydrogen) atoms. The molecule has 3 rings (SSSR count). The van der Waals surface area contributed by atoms with Gasteiger partial charge in [-0.3, -0.25) is 14.1 Å². The van der Waals surface area contributed by atoms with Gasteiger partial charge in [-0.25, -0.2) is 4.98 Å². The largest absolute Gasteiger partial charge is 0.389 e. The predicted molar refractivity (Wildman–Crippen MR) is 74.6 cm³/mol. The minimum atomic E-state index is -0.612. The van der Waals surface area contributed by atoms with E-state index in [-0.39, 0.29) is 5.56 Å². The van der Waals surface area contributed by atoms with Crippen LogP contribution in [0, 0.1) is 6.92 Å². The first kappa shape index (κ1) is 12.8. The summed E-state index contributed by atoms with van der Waals surface area (Å²) in [7, 11) is 0. The van der Waals surface area contributed by atoms with Gasteiger partial charge in [0.2, 0.25) is 0 Å². The van der Waals surface area contributed by atoms with Crippen molar-refractivity contribution in [2.45, 2.75) is 32.4 Å². The zero-order chi connectivity index (χ0) is 13.6. The Kier molecular flexibility index (Phi) is 2.96. The highest BCUT2D eigenvalue weighted by Crippen LogP contribution is 2.21. The molecule has 102 valence electrons. The number of nitrogens with zero attached hydrogens (tertiary/aromatic N) is 3. The zero-order valence-corrected chi connectivity index (χ0v) is 11.9. The molecule has 0 amide bonds. The molecule has 6 heteroatoms. The number of rotatable bonds is 2. The molecule has 5 nitrogen and oxygen atoms in total. The van der Waals surface area contributed by atoms with Gasteiger partial charge < -0.3 is 5.11 Å². The second kappa shape index (κ2) is 4.40. The first-order chi connectivity index (χ1) is 8.94. The standard InChI is InChI=1S/C13H17N3O2S/c1-9-7-19-12-14-10(5-11(17)16(9)12)6-15-4-3-13(2,18)8-15/h5,7,18H,3-4,6,8H2,1-2H3. The van der Waals surface area contributed by atoms with Gasteiger partial charge in [-0.15, -0.1) is 11.3 Å². The summed E-state index contributed by atoms with van der Waals surface area (Å²) in [5.74, 6) is 0. The monoisotopic (exact) mass is 279 g/mol. The number of aryl methyl sites for hydroxylation is 1. The molecule has 1 N–H and O–H groups in total. The summed E-state index contributed by atoms with van der Waals surface area (Å²) in [6.45, 7) is 5.86. The smallest absolute Gasteiger partial charge is 0.259 e. The van der Waals surface area contributed by atoms with Gasteiger partial charge in [0.05, 0.1) is 11.3 Å². The van der Waals surface area contributed by atoms with Gasteiger partial charge in [0.1, 0.15) is 0 Å². The molecule has 0 aromatic carbocycles. The molecule has 0 saturated carbocycles. The van der Waals surface area contributed by atoms with E-state index in [4.69, 9.17) is 0 Å². The second-order valence-electron chi connectivity index (χ2n) is 5.54. The summed E-state index contributed by atoms with van der Waals surface area (Å²) in [5.41, 5.74) is 1.07. The minimum absolute atomic E-state index is 0.0234. The van der Waals surface area contributed by atoms with E-state index in [1.54, 1.807) is 10.5 Å². The van der Waals surface area contributed by atoms with Crippen molar-refractivity contribution in [2.75, 3.05) is 13.1 Å². The molecule has 0 radical (unpaired) electrons. The van der Waals surface area contributed by atoms with E-state index < -0.39 is 5.60 Å². The Morgan fingerprint density at radius 3 is 3.05 bits per heavy atom. The minimum Gasteiger partial charge on any atom is -0.389 e. The van der Waals surface area contributed by atoms with Crippen molar-refractivity contribution >= 4 is 16.3 Å².